The van der Waals surface area contributed by atoms with Gasteiger partial charge in [-0.15, -0.1) is 0 Å². The Kier molecular flexibility index (Phi) is 2.86. The molecule has 0 aromatic heterocycles. The SMILES string of the molecule is CC1(C)CC(C)(c2ccc(O)c(O)c2)c2cc(O)c(O)cc21. The molecule has 0 bridgehead atoms. The molecule has 3 rings (SSSR count). The Labute approximate surface area is 129 Å². The summed E-state index contributed by atoms with van der Waals surface area (Å²) in [5.74, 6) is -0.582. The lowest BCUT2D eigenvalue weighted by Crippen LogP contribution is -2.23. The first kappa shape index (κ1) is 14.6. The van der Waals surface area contributed by atoms with Gasteiger partial charge in [-0.3, -0.25) is 0 Å². The first-order valence-corrected chi connectivity index (χ1v) is 7.24. The highest BCUT2D eigenvalue weighted by atomic mass is 16.3. The van der Waals surface area contributed by atoms with Crippen LogP contribution in [0.1, 0.15) is 43.9 Å². The Morgan fingerprint density at radius 3 is 1.86 bits per heavy atom. The van der Waals surface area contributed by atoms with Crippen LogP contribution >= 0.6 is 0 Å². The molecule has 0 saturated heterocycles. The van der Waals surface area contributed by atoms with Gasteiger partial charge in [0.1, 0.15) is 0 Å². The Balaban J connectivity index is 2.25. The Morgan fingerprint density at radius 1 is 0.727 bits per heavy atom. The van der Waals surface area contributed by atoms with Gasteiger partial charge in [0.05, 0.1) is 0 Å². The molecule has 0 fully saturated rings. The molecule has 0 spiro atoms. The van der Waals surface area contributed by atoms with Crippen molar-refractivity contribution in [1.82, 2.24) is 0 Å². The molecule has 0 amide bonds. The van der Waals surface area contributed by atoms with Gasteiger partial charge in [0, 0.05) is 5.41 Å². The average Bonchev–Trinajstić information content (AvgIpc) is 2.62. The van der Waals surface area contributed by atoms with E-state index in [2.05, 4.69) is 13.8 Å². The van der Waals surface area contributed by atoms with Crippen molar-refractivity contribution in [3.63, 3.8) is 0 Å². The zero-order chi connectivity index (χ0) is 16.3. The fraction of sp³-hybridized carbons (Fsp3) is 0.333. The number of fused-ring (bicyclic) bond motifs is 1. The van der Waals surface area contributed by atoms with E-state index in [4.69, 9.17) is 0 Å². The number of benzene rings is 2. The van der Waals surface area contributed by atoms with E-state index in [0.717, 1.165) is 23.1 Å². The maximum Gasteiger partial charge on any atom is 0.157 e. The van der Waals surface area contributed by atoms with Crippen molar-refractivity contribution in [3.05, 3.63) is 47.0 Å². The third-order valence-electron chi connectivity index (χ3n) is 4.85. The van der Waals surface area contributed by atoms with Gasteiger partial charge in [0.2, 0.25) is 0 Å². The average molecular weight is 300 g/mol. The van der Waals surface area contributed by atoms with Crippen LogP contribution in [-0.2, 0) is 10.8 Å². The van der Waals surface area contributed by atoms with E-state index in [1.54, 1.807) is 24.3 Å². The Hall–Kier alpha value is -2.36. The van der Waals surface area contributed by atoms with Gasteiger partial charge >= 0.3 is 0 Å². The number of aromatic hydroxyl groups is 4. The summed E-state index contributed by atoms with van der Waals surface area (Å²) in [6, 6.07) is 8.04. The normalized spacial score (nSPS) is 22.5. The van der Waals surface area contributed by atoms with Gasteiger partial charge in [-0.1, -0.05) is 26.8 Å². The van der Waals surface area contributed by atoms with Crippen LogP contribution in [0.15, 0.2) is 30.3 Å². The second kappa shape index (κ2) is 4.32. The number of hydrogen-bond acceptors (Lipinski definition) is 4. The van der Waals surface area contributed by atoms with Crippen LogP contribution in [0.3, 0.4) is 0 Å². The summed E-state index contributed by atoms with van der Waals surface area (Å²) in [5.41, 5.74) is 2.17. The second-order valence-corrected chi connectivity index (χ2v) is 6.98. The molecule has 1 atom stereocenters. The van der Waals surface area contributed by atoms with E-state index in [0.29, 0.717) is 0 Å². The number of phenolic OH excluding ortho intramolecular Hbond substituents is 4. The number of rotatable bonds is 1. The van der Waals surface area contributed by atoms with Gasteiger partial charge in [-0.05, 0) is 52.8 Å². The summed E-state index contributed by atoms with van der Waals surface area (Å²) >= 11 is 0. The predicted molar refractivity (Wildman–Crippen MR) is 83.6 cm³/mol. The van der Waals surface area contributed by atoms with Crippen molar-refractivity contribution in [1.29, 1.82) is 0 Å². The summed E-state index contributed by atoms with van der Waals surface area (Å²) < 4.78 is 0. The molecule has 0 aliphatic heterocycles. The Morgan fingerprint density at radius 2 is 1.27 bits per heavy atom. The van der Waals surface area contributed by atoms with Crippen molar-refractivity contribution >= 4 is 0 Å². The highest BCUT2D eigenvalue weighted by Crippen LogP contribution is 2.55. The second-order valence-electron chi connectivity index (χ2n) is 6.98. The molecule has 22 heavy (non-hydrogen) atoms. The highest BCUT2D eigenvalue weighted by Gasteiger charge is 2.46. The largest absolute Gasteiger partial charge is 0.504 e. The van der Waals surface area contributed by atoms with Crippen LogP contribution < -0.4 is 0 Å². The van der Waals surface area contributed by atoms with E-state index in [-0.39, 0.29) is 28.4 Å². The number of phenols is 4. The van der Waals surface area contributed by atoms with Gasteiger partial charge < -0.3 is 20.4 Å². The summed E-state index contributed by atoms with van der Waals surface area (Å²) in [4.78, 5) is 0. The molecular formula is C18H20O4. The zero-order valence-corrected chi connectivity index (χ0v) is 12.9. The van der Waals surface area contributed by atoms with Crippen molar-refractivity contribution in [2.24, 2.45) is 0 Å². The zero-order valence-electron chi connectivity index (χ0n) is 12.9. The fourth-order valence-electron chi connectivity index (χ4n) is 3.79. The van der Waals surface area contributed by atoms with Crippen molar-refractivity contribution in [2.45, 2.75) is 38.0 Å². The van der Waals surface area contributed by atoms with E-state index in [1.165, 1.54) is 6.07 Å². The van der Waals surface area contributed by atoms with Crippen LogP contribution in [-0.4, -0.2) is 20.4 Å². The fourth-order valence-corrected chi connectivity index (χ4v) is 3.79. The third kappa shape index (κ3) is 1.90. The van der Waals surface area contributed by atoms with Crippen molar-refractivity contribution in [2.75, 3.05) is 0 Å². The van der Waals surface area contributed by atoms with Crippen LogP contribution in [0.25, 0.3) is 0 Å². The first-order chi connectivity index (χ1) is 10.1. The highest BCUT2D eigenvalue weighted by molar-refractivity contribution is 5.59. The minimum absolute atomic E-state index is 0.121. The lowest BCUT2D eigenvalue weighted by molar-refractivity contribution is 0.396. The van der Waals surface area contributed by atoms with E-state index >= 15 is 0 Å². The molecular weight excluding hydrogens is 280 g/mol. The predicted octanol–water partition coefficient (Wildman–Crippen LogP) is 3.50. The molecule has 1 unspecified atom stereocenters. The molecule has 0 radical (unpaired) electrons. The smallest absolute Gasteiger partial charge is 0.157 e. The molecule has 1 aliphatic carbocycles. The molecule has 4 N–H and O–H groups in total. The first-order valence-electron chi connectivity index (χ1n) is 7.24. The molecule has 116 valence electrons. The topological polar surface area (TPSA) is 80.9 Å². The maximum absolute atomic E-state index is 9.89. The van der Waals surface area contributed by atoms with Crippen LogP contribution in [0, 0.1) is 0 Å². The van der Waals surface area contributed by atoms with Gasteiger partial charge in [0.25, 0.3) is 0 Å². The maximum atomic E-state index is 9.89. The summed E-state index contributed by atoms with van der Waals surface area (Å²) in [5, 5.41) is 39.0. The Bertz CT molecular complexity index is 764. The molecule has 2 aromatic carbocycles. The van der Waals surface area contributed by atoms with Crippen molar-refractivity contribution < 1.29 is 20.4 Å². The van der Waals surface area contributed by atoms with Crippen LogP contribution in [0.5, 0.6) is 23.0 Å². The summed E-state index contributed by atoms with van der Waals surface area (Å²) in [6.45, 7) is 6.23. The van der Waals surface area contributed by atoms with E-state index in [1.807, 2.05) is 6.92 Å². The van der Waals surface area contributed by atoms with E-state index < -0.39 is 5.41 Å². The van der Waals surface area contributed by atoms with Gasteiger partial charge in [-0.2, -0.15) is 0 Å². The number of hydrogen-bond donors (Lipinski definition) is 4. The van der Waals surface area contributed by atoms with Crippen LogP contribution in [0.4, 0.5) is 0 Å². The van der Waals surface area contributed by atoms with E-state index in [9.17, 15) is 20.4 Å². The molecule has 4 heteroatoms. The lowest BCUT2D eigenvalue weighted by Gasteiger charge is -2.28. The monoisotopic (exact) mass is 300 g/mol. The molecule has 2 aromatic rings. The molecule has 4 nitrogen and oxygen atoms in total. The van der Waals surface area contributed by atoms with Gasteiger partial charge in [-0.25, -0.2) is 0 Å². The molecule has 0 saturated carbocycles. The lowest BCUT2D eigenvalue weighted by atomic mass is 9.75. The standard InChI is InChI=1S/C18H20O4/c1-17(2)9-18(3,10-4-5-13(19)14(20)6-10)12-8-16(22)15(21)7-11(12)17/h4-8,19-22H,9H2,1-3H3. The third-order valence-corrected chi connectivity index (χ3v) is 4.85. The van der Waals surface area contributed by atoms with Crippen LogP contribution in [0.2, 0.25) is 0 Å². The summed E-state index contributed by atoms with van der Waals surface area (Å²) in [7, 11) is 0. The minimum atomic E-state index is -0.421. The summed E-state index contributed by atoms with van der Waals surface area (Å²) in [6.07, 6.45) is 0.766. The molecule has 0 heterocycles. The van der Waals surface area contributed by atoms with Gasteiger partial charge in [0.15, 0.2) is 23.0 Å². The minimum Gasteiger partial charge on any atom is -0.504 e. The molecule has 1 aliphatic rings. The van der Waals surface area contributed by atoms with Crippen molar-refractivity contribution in [3.8, 4) is 23.0 Å². The quantitative estimate of drug-likeness (QED) is 0.608.